The second kappa shape index (κ2) is 11.2. The number of hydrogen-bond donors (Lipinski definition) is 1. The molecule has 1 amide bonds. The molecule has 0 fully saturated rings. The van der Waals surface area contributed by atoms with Gasteiger partial charge in [-0.2, -0.15) is 0 Å². The third-order valence-corrected chi connectivity index (χ3v) is 4.97. The zero-order valence-corrected chi connectivity index (χ0v) is 18.4. The van der Waals surface area contributed by atoms with Crippen LogP contribution in [0.5, 0.6) is 11.5 Å². The number of nitrogens with one attached hydrogen (secondary N) is 1. The van der Waals surface area contributed by atoms with Crippen LogP contribution < -0.4 is 14.8 Å². The van der Waals surface area contributed by atoms with Gasteiger partial charge in [0.1, 0.15) is 0 Å². The largest absolute Gasteiger partial charge is 0.493 e. The highest BCUT2D eigenvalue weighted by atomic mass is 16.5. The minimum absolute atomic E-state index is 0.0295. The topological polar surface area (TPSA) is 50.8 Å². The standard InChI is InChI=1S/C26H30N2O3/c1-4-31-23-16-15-20(17-24(23)30-3)18-28(2)19-25(29)27-26(21-11-7-5-8-12-21)22-13-9-6-10-14-22/h5-17,26H,4,18-19H2,1-3H3,(H,27,29). The minimum Gasteiger partial charge on any atom is -0.493 e. The lowest BCUT2D eigenvalue weighted by Gasteiger charge is -2.22. The number of ether oxygens (including phenoxy) is 2. The van der Waals surface area contributed by atoms with Crippen molar-refractivity contribution in [1.29, 1.82) is 0 Å². The lowest BCUT2D eigenvalue weighted by molar-refractivity contribution is -0.122. The first kappa shape index (κ1) is 22.4. The SMILES string of the molecule is CCOc1ccc(CN(C)CC(=O)NC(c2ccccc2)c2ccccc2)cc1OC. The number of benzene rings is 3. The van der Waals surface area contributed by atoms with Gasteiger partial charge in [0.05, 0.1) is 26.3 Å². The molecule has 0 radical (unpaired) electrons. The van der Waals surface area contributed by atoms with Crippen molar-refractivity contribution < 1.29 is 14.3 Å². The summed E-state index contributed by atoms with van der Waals surface area (Å²) in [6.45, 7) is 3.43. The van der Waals surface area contributed by atoms with Crippen LogP contribution in [-0.4, -0.2) is 38.1 Å². The first-order valence-electron chi connectivity index (χ1n) is 10.5. The van der Waals surface area contributed by atoms with E-state index in [1.165, 1.54) is 0 Å². The van der Waals surface area contributed by atoms with Crippen LogP contribution in [-0.2, 0) is 11.3 Å². The molecule has 5 heteroatoms. The van der Waals surface area contributed by atoms with E-state index in [-0.39, 0.29) is 18.5 Å². The summed E-state index contributed by atoms with van der Waals surface area (Å²) in [5, 5.41) is 3.19. The molecular weight excluding hydrogens is 388 g/mol. The van der Waals surface area contributed by atoms with Crippen LogP contribution in [0.3, 0.4) is 0 Å². The number of carbonyl (C=O) groups is 1. The number of carbonyl (C=O) groups excluding carboxylic acids is 1. The average molecular weight is 419 g/mol. The highest BCUT2D eigenvalue weighted by Crippen LogP contribution is 2.28. The van der Waals surface area contributed by atoms with E-state index in [4.69, 9.17) is 9.47 Å². The van der Waals surface area contributed by atoms with E-state index >= 15 is 0 Å². The Morgan fingerprint density at radius 3 is 2.10 bits per heavy atom. The molecule has 0 aliphatic carbocycles. The van der Waals surface area contributed by atoms with Crippen molar-refractivity contribution in [3.05, 3.63) is 95.6 Å². The van der Waals surface area contributed by atoms with Gasteiger partial charge in [0.2, 0.25) is 5.91 Å². The van der Waals surface area contributed by atoms with E-state index in [9.17, 15) is 4.79 Å². The van der Waals surface area contributed by atoms with Gasteiger partial charge in [-0.25, -0.2) is 0 Å². The molecule has 0 bridgehead atoms. The van der Waals surface area contributed by atoms with Gasteiger partial charge in [-0.05, 0) is 42.8 Å². The first-order valence-corrected chi connectivity index (χ1v) is 10.5. The van der Waals surface area contributed by atoms with Gasteiger partial charge in [-0.15, -0.1) is 0 Å². The van der Waals surface area contributed by atoms with E-state index in [1.807, 2.05) is 97.7 Å². The van der Waals surface area contributed by atoms with Crippen molar-refractivity contribution in [2.45, 2.75) is 19.5 Å². The van der Waals surface area contributed by atoms with Crippen molar-refractivity contribution >= 4 is 5.91 Å². The molecular formula is C26H30N2O3. The number of nitrogens with zero attached hydrogens (tertiary/aromatic N) is 1. The predicted molar refractivity (Wildman–Crippen MR) is 123 cm³/mol. The molecule has 0 unspecified atom stereocenters. The van der Waals surface area contributed by atoms with Crippen LogP contribution in [0.15, 0.2) is 78.9 Å². The van der Waals surface area contributed by atoms with Gasteiger partial charge in [-0.3, -0.25) is 9.69 Å². The molecule has 0 saturated heterocycles. The number of hydrogen-bond acceptors (Lipinski definition) is 4. The fraction of sp³-hybridized carbons (Fsp3) is 0.269. The second-order valence-electron chi connectivity index (χ2n) is 7.41. The molecule has 0 atom stereocenters. The third-order valence-electron chi connectivity index (χ3n) is 4.97. The molecule has 0 aliphatic rings. The van der Waals surface area contributed by atoms with E-state index in [1.54, 1.807) is 7.11 Å². The Labute approximate surface area is 184 Å². The van der Waals surface area contributed by atoms with Gasteiger partial charge in [0.15, 0.2) is 11.5 Å². The van der Waals surface area contributed by atoms with E-state index < -0.39 is 0 Å². The first-order chi connectivity index (χ1) is 15.1. The second-order valence-corrected chi connectivity index (χ2v) is 7.41. The molecule has 31 heavy (non-hydrogen) atoms. The molecule has 5 nitrogen and oxygen atoms in total. The predicted octanol–water partition coefficient (Wildman–Crippen LogP) is 4.43. The summed E-state index contributed by atoms with van der Waals surface area (Å²) in [7, 11) is 3.56. The van der Waals surface area contributed by atoms with E-state index in [2.05, 4.69) is 5.32 Å². The molecule has 0 spiro atoms. The molecule has 3 aromatic carbocycles. The van der Waals surface area contributed by atoms with Gasteiger partial charge in [-0.1, -0.05) is 66.7 Å². The minimum atomic E-state index is -0.186. The smallest absolute Gasteiger partial charge is 0.234 e. The summed E-state index contributed by atoms with van der Waals surface area (Å²) < 4.78 is 11.0. The Balaban J connectivity index is 1.66. The maximum Gasteiger partial charge on any atom is 0.234 e. The van der Waals surface area contributed by atoms with Crippen LogP contribution >= 0.6 is 0 Å². The Kier molecular flexibility index (Phi) is 8.07. The van der Waals surface area contributed by atoms with Crippen LogP contribution in [0.2, 0.25) is 0 Å². The lowest BCUT2D eigenvalue weighted by Crippen LogP contribution is -2.37. The van der Waals surface area contributed by atoms with Crippen LogP contribution in [0, 0.1) is 0 Å². The number of rotatable bonds is 10. The number of likely N-dealkylation sites (N-methyl/N-ethyl adjacent to an activating group) is 1. The Bertz CT molecular complexity index is 921. The maximum atomic E-state index is 12.9. The Hall–Kier alpha value is -3.31. The fourth-order valence-corrected chi connectivity index (χ4v) is 3.55. The van der Waals surface area contributed by atoms with Crippen molar-refractivity contribution in [3.8, 4) is 11.5 Å². The number of amides is 1. The Morgan fingerprint density at radius 2 is 1.55 bits per heavy atom. The monoisotopic (exact) mass is 418 g/mol. The Morgan fingerprint density at radius 1 is 0.935 bits per heavy atom. The highest BCUT2D eigenvalue weighted by Gasteiger charge is 2.18. The van der Waals surface area contributed by atoms with Crippen molar-refractivity contribution in [1.82, 2.24) is 10.2 Å². The summed E-state index contributed by atoms with van der Waals surface area (Å²) in [6, 6.07) is 25.7. The molecule has 0 aliphatic heterocycles. The summed E-state index contributed by atoms with van der Waals surface area (Å²) in [6.07, 6.45) is 0. The summed E-state index contributed by atoms with van der Waals surface area (Å²) in [4.78, 5) is 14.8. The van der Waals surface area contributed by atoms with Crippen LogP contribution in [0.1, 0.15) is 29.7 Å². The average Bonchev–Trinajstić information content (AvgIpc) is 2.79. The number of methoxy groups -OCH3 is 1. The van der Waals surface area contributed by atoms with Crippen molar-refractivity contribution in [2.24, 2.45) is 0 Å². The lowest BCUT2D eigenvalue weighted by atomic mass is 9.99. The fourth-order valence-electron chi connectivity index (χ4n) is 3.55. The maximum absolute atomic E-state index is 12.9. The third kappa shape index (κ3) is 6.33. The normalized spacial score (nSPS) is 10.9. The van der Waals surface area contributed by atoms with Gasteiger partial charge >= 0.3 is 0 Å². The van der Waals surface area contributed by atoms with Gasteiger partial charge in [0.25, 0.3) is 0 Å². The zero-order valence-electron chi connectivity index (χ0n) is 18.4. The molecule has 0 saturated carbocycles. The van der Waals surface area contributed by atoms with Crippen LogP contribution in [0.4, 0.5) is 0 Å². The molecule has 0 heterocycles. The van der Waals surface area contributed by atoms with Crippen molar-refractivity contribution in [2.75, 3.05) is 27.3 Å². The summed E-state index contributed by atoms with van der Waals surface area (Å²) in [5.74, 6) is 1.39. The summed E-state index contributed by atoms with van der Waals surface area (Å²) in [5.41, 5.74) is 3.17. The summed E-state index contributed by atoms with van der Waals surface area (Å²) >= 11 is 0. The molecule has 3 aromatic rings. The zero-order chi connectivity index (χ0) is 22.1. The highest BCUT2D eigenvalue weighted by molar-refractivity contribution is 5.79. The quantitative estimate of drug-likeness (QED) is 0.529. The van der Waals surface area contributed by atoms with Crippen LogP contribution in [0.25, 0.3) is 0 Å². The van der Waals surface area contributed by atoms with Gasteiger partial charge < -0.3 is 14.8 Å². The van der Waals surface area contributed by atoms with Crippen molar-refractivity contribution in [3.63, 3.8) is 0 Å². The molecule has 3 rings (SSSR count). The van der Waals surface area contributed by atoms with Gasteiger partial charge in [0, 0.05) is 6.54 Å². The molecule has 162 valence electrons. The molecule has 1 N–H and O–H groups in total. The molecule has 0 aromatic heterocycles. The van der Waals surface area contributed by atoms with E-state index in [0.717, 1.165) is 22.4 Å². The van der Waals surface area contributed by atoms with E-state index in [0.29, 0.717) is 18.9 Å².